The van der Waals surface area contributed by atoms with Gasteiger partial charge in [0.05, 0.1) is 11.7 Å². The summed E-state index contributed by atoms with van der Waals surface area (Å²) in [6.45, 7) is 6.71. The molecule has 1 aromatic heterocycles. The van der Waals surface area contributed by atoms with Crippen LogP contribution >= 0.6 is 0 Å². The largest absolute Gasteiger partial charge is 0.278 e. The van der Waals surface area contributed by atoms with Gasteiger partial charge in [0.1, 0.15) is 0 Å². The fraction of sp³-hybridized carbons (Fsp3) is 0.192. The van der Waals surface area contributed by atoms with E-state index in [0.717, 1.165) is 17.3 Å². The minimum Gasteiger partial charge on any atom is -0.278 e. The molecule has 1 heterocycles. The molecule has 0 aliphatic carbocycles. The van der Waals surface area contributed by atoms with Crippen LogP contribution in [0.1, 0.15) is 55.4 Å². The third kappa shape index (κ3) is 3.50. The van der Waals surface area contributed by atoms with Crippen LogP contribution in [0.3, 0.4) is 0 Å². The zero-order valence-corrected chi connectivity index (χ0v) is 16.7. The van der Waals surface area contributed by atoms with E-state index in [0.29, 0.717) is 5.92 Å². The summed E-state index contributed by atoms with van der Waals surface area (Å²) in [6.07, 6.45) is 2.86. The lowest BCUT2D eigenvalue weighted by Gasteiger charge is -2.17. The number of nitrogens with one attached hydrogen (secondary N) is 1. The van der Waals surface area contributed by atoms with Gasteiger partial charge >= 0.3 is 0 Å². The number of aromatic nitrogens is 2. The summed E-state index contributed by atoms with van der Waals surface area (Å²) >= 11 is 0. The topological polar surface area (TPSA) is 28.7 Å². The summed E-state index contributed by atoms with van der Waals surface area (Å²) in [5.74, 6) is 0.531. The van der Waals surface area contributed by atoms with Crippen LogP contribution in [0.2, 0.25) is 0 Å². The first kappa shape index (κ1) is 18.2. The Hall–Kier alpha value is -3.13. The molecule has 0 aliphatic rings. The average molecular weight is 367 g/mol. The Labute approximate surface area is 166 Å². The Morgan fingerprint density at radius 3 is 2.25 bits per heavy atom. The first-order valence-electron chi connectivity index (χ1n) is 9.99. The molecule has 0 bridgehead atoms. The molecule has 2 nitrogen and oxygen atoms in total. The summed E-state index contributed by atoms with van der Waals surface area (Å²) in [5.41, 5.74) is 8.86. The number of benzene rings is 3. The van der Waals surface area contributed by atoms with Crippen molar-refractivity contribution in [2.75, 3.05) is 0 Å². The molecule has 0 radical (unpaired) electrons. The highest BCUT2D eigenvalue weighted by Crippen LogP contribution is 2.35. The van der Waals surface area contributed by atoms with E-state index in [2.05, 4.69) is 104 Å². The maximum absolute atomic E-state index is 4.19. The van der Waals surface area contributed by atoms with Crippen molar-refractivity contribution in [3.8, 4) is 0 Å². The van der Waals surface area contributed by atoms with Gasteiger partial charge in [-0.2, -0.15) is 5.10 Å². The summed E-state index contributed by atoms with van der Waals surface area (Å²) in [4.78, 5) is 0. The van der Waals surface area contributed by atoms with E-state index in [1.165, 1.54) is 33.4 Å². The molecule has 0 unspecified atom stereocenters. The number of aromatic amines is 1. The van der Waals surface area contributed by atoms with Crippen molar-refractivity contribution in [2.24, 2.45) is 0 Å². The minimum absolute atomic E-state index is 0.531. The van der Waals surface area contributed by atoms with E-state index in [1.54, 1.807) is 0 Å². The smallest absolute Gasteiger partial charge is 0.0650 e. The molecule has 1 N–H and O–H groups in total. The molecule has 3 aromatic carbocycles. The van der Waals surface area contributed by atoms with E-state index in [4.69, 9.17) is 0 Å². The van der Waals surface area contributed by atoms with Crippen LogP contribution in [0.5, 0.6) is 0 Å². The summed E-state index contributed by atoms with van der Waals surface area (Å²) in [5, 5.41) is 8.38. The van der Waals surface area contributed by atoms with Gasteiger partial charge in [0.2, 0.25) is 0 Å². The second kappa shape index (κ2) is 7.85. The maximum atomic E-state index is 4.19. The van der Waals surface area contributed by atoms with Crippen LogP contribution in [0, 0.1) is 0 Å². The van der Waals surface area contributed by atoms with Crippen LogP contribution in [0.25, 0.3) is 22.0 Å². The van der Waals surface area contributed by atoms with E-state index in [-0.39, 0.29) is 0 Å². The Morgan fingerprint density at radius 1 is 0.857 bits per heavy atom. The molecule has 4 aromatic rings. The molecule has 0 saturated heterocycles. The second-order valence-corrected chi connectivity index (χ2v) is 7.52. The normalized spacial score (nSPS) is 12.4. The molecule has 140 valence electrons. The van der Waals surface area contributed by atoms with Gasteiger partial charge in [0, 0.05) is 5.39 Å². The lowest BCUT2D eigenvalue weighted by molar-refractivity contribution is 0.866. The highest BCUT2D eigenvalue weighted by Gasteiger charge is 2.14. The van der Waals surface area contributed by atoms with E-state index in [9.17, 15) is 0 Å². The Balaban J connectivity index is 1.95. The molecule has 0 aliphatic heterocycles. The van der Waals surface area contributed by atoms with Crippen LogP contribution in [-0.2, 0) is 0 Å². The van der Waals surface area contributed by atoms with Gasteiger partial charge in [0.25, 0.3) is 0 Å². The highest BCUT2D eigenvalue weighted by molar-refractivity contribution is 6.00. The Kier molecular flexibility index (Phi) is 5.12. The van der Waals surface area contributed by atoms with Crippen LogP contribution in [0.15, 0.2) is 79.0 Å². The van der Waals surface area contributed by atoms with Crippen LogP contribution in [-0.4, -0.2) is 10.2 Å². The molecule has 4 rings (SSSR count). The summed E-state index contributed by atoms with van der Waals surface area (Å²) in [7, 11) is 0. The third-order valence-electron chi connectivity index (χ3n) is 5.37. The standard InChI is InChI=1S/C26H26N2/c1-4-24(20-8-6-5-7-9-20)26(21-12-10-19(11-13-21)18(2)3)22-14-15-25-23(16-22)17-27-28-25/h5-18H,4H2,1-3H3,(H,27,28)/b26-24-. The van der Waals surface area contributed by atoms with Crippen molar-refractivity contribution >= 4 is 22.0 Å². The predicted molar refractivity (Wildman–Crippen MR) is 119 cm³/mol. The second-order valence-electron chi connectivity index (χ2n) is 7.52. The molecule has 0 fully saturated rings. The maximum Gasteiger partial charge on any atom is 0.0650 e. The van der Waals surface area contributed by atoms with Gasteiger partial charge < -0.3 is 0 Å². The van der Waals surface area contributed by atoms with Crippen molar-refractivity contribution in [1.29, 1.82) is 0 Å². The monoisotopic (exact) mass is 366 g/mol. The van der Waals surface area contributed by atoms with E-state index in [1.807, 2.05) is 6.20 Å². The lowest BCUT2D eigenvalue weighted by Crippen LogP contribution is -1.96. The van der Waals surface area contributed by atoms with Gasteiger partial charge in [0.15, 0.2) is 0 Å². The molecule has 0 atom stereocenters. The Bertz CT molecular complexity index is 1100. The van der Waals surface area contributed by atoms with Crippen molar-refractivity contribution in [3.05, 3.63) is 101 Å². The fourth-order valence-corrected chi connectivity index (χ4v) is 3.81. The molecule has 2 heteroatoms. The molecular weight excluding hydrogens is 340 g/mol. The van der Waals surface area contributed by atoms with Gasteiger partial charge in [-0.15, -0.1) is 0 Å². The van der Waals surface area contributed by atoms with Gasteiger partial charge in [-0.25, -0.2) is 0 Å². The highest BCUT2D eigenvalue weighted by atomic mass is 15.1. The number of allylic oxidation sites excluding steroid dienone is 1. The van der Waals surface area contributed by atoms with E-state index >= 15 is 0 Å². The summed E-state index contributed by atoms with van der Waals surface area (Å²) < 4.78 is 0. The van der Waals surface area contributed by atoms with E-state index < -0.39 is 0 Å². The first-order valence-corrected chi connectivity index (χ1v) is 9.99. The number of H-pyrrole nitrogens is 1. The zero-order chi connectivity index (χ0) is 19.5. The van der Waals surface area contributed by atoms with Gasteiger partial charge in [-0.3, -0.25) is 5.10 Å². The molecule has 28 heavy (non-hydrogen) atoms. The number of rotatable bonds is 5. The zero-order valence-electron chi connectivity index (χ0n) is 16.7. The van der Waals surface area contributed by atoms with Gasteiger partial charge in [-0.05, 0) is 57.9 Å². The van der Waals surface area contributed by atoms with Crippen molar-refractivity contribution in [1.82, 2.24) is 10.2 Å². The van der Waals surface area contributed by atoms with Gasteiger partial charge in [-0.1, -0.05) is 81.4 Å². The first-order chi connectivity index (χ1) is 13.7. The van der Waals surface area contributed by atoms with Crippen LogP contribution < -0.4 is 0 Å². The third-order valence-corrected chi connectivity index (χ3v) is 5.37. The lowest BCUT2D eigenvalue weighted by atomic mass is 9.87. The molecule has 0 amide bonds. The molecule has 0 saturated carbocycles. The Morgan fingerprint density at radius 2 is 1.57 bits per heavy atom. The number of nitrogens with zero attached hydrogens (tertiary/aromatic N) is 1. The minimum atomic E-state index is 0.531. The predicted octanol–water partition coefficient (Wildman–Crippen LogP) is 7.06. The van der Waals surface area contributed by atoms with Crippen molar-refractivity contribution < 1.29 is 0 Å². The van der Waals surface area contributed by atoms with Crippen LogP contribution in [0.4, 0.5) is 0 Å². The fourth-order valence-electron chi connectivity index (χ4n) is 3.81. The van der Waals surface area contributed by atoms with Crippen molar-refractivity contribution in [3.63, 3.8) is 0 Å². The molecule has 0 spiro atoms. The average Bonchev–Trinajstić information content (AvgIpc) is 3.20. The summed E-state index contributed by atoms with van der Waals surface area (Å²) in [6, 6.07) is 26.3. The van der Waals surface area contributed by atoms with Crippen molar-refractivity contribution in [2.45, 2.75) is 33.1 Å². The number of hydrogen-bond acceptors (Lipinski definition) is 1. The quantitative estimate of drug-likeness (QED) is 0.376. The SMILES string of the molecule is CC/C(=C(\c1ccc(C(C)C)cc1)c1ccc2[nH]ncc2c1)c1ccccc1. The molecular formula is C26H26N2. The number of fused-ring (bicyclic) bond motifs is 1. The number of hydrogen-bond donors (Lipinski definition) is 1.